The molecule has 0 atom stereocenters. The average molecular weight is 357 g/mol. The first kappa shape index (κ1) is 15.8. The molecule has 0 saturated heterocycles. The summed E-state index contributed by atoms with van der Waals surface area (Å²) in [7, 11) is 0. The van der Waals surface area contributed by atoms with E-state index in [4.69, 9.17) is 16.0 Å². The number of pyridine rings is 1. The minimum Gasteiger partial charge on any atom is -0.443 e. The number of aromatic nitrogens is 4. The van der Waals surface area contributed by atoms with Gasteiger partial charge in [0.15, 0.2) is 17.8 Å². The van der Waals surface area contributed by atoms with Crippen LogP contribution in [0.2, 0.25) is 5.02 Å². The molecule has 25 heavy (non-hydrogen) atoms. The van der Waals surface area contributed by atoms with Gasteiger partial charge in [-0.3, -0.25) is 4.40 Å². The van der Waals surface area contributed by atoms with Gasteiger partial charge in [0, 0.05) is 23.2 Å². The lowest BCUT2D eigenvalue weighted by atomic mass is 10.1. The summed E-state index contributed by atoms with van der Waals surface area (Å²) in [5, 5.41) is 8.46. The van der Waals surface area contributed by atoms with E-state index in [1.54, 1.807) is 6.07 Å². The Morgan fingerprint density at radius 3 is 2.68 bits per heavy atom. The molecule has 7 heteroatoms. The van der Waals surface area contributed by atoms with E-state index in [0.717, 1.165) is 17.0 Å². The molecule has 3 aromatic heterocycles. The van der Waals surface area contributed by atoms with Gasteiger partial charge in [-0.05, 0) is 24.3 Å². The number of halogens is 2. The number of oxazole rings is 1. The fourth-order valence-electron chi connectivity index (χ4n) is 2.74. The fourth-order valence-corrected chi connectivity index (χ4v) is 2.85. The van der Waals surface area contributed by atoms with Crippen LogP contribution < -0.4 is 0 Å². The molecule has 1 aromatic carbocycles. The first-order chi connectivity index (χ1) is 12.0. The van der Waals surface area contributed by atoms with Crippen molar-refractivity contribution in [2.45, 2.75) is 19.8 Å². The van der Waals surface area contributed by atoms with Gasteiger partial charge in [-0.1, -0.05) is 31.5 Å². The summed E-state index contributed by atoms with van der Waals surface area (Å²) in [4.78, 5) is 4.24. The Balaban J connectivity index is 1.86. The Labute approximate surface area is 148 Å². The molecule has 0 bridgehead atoms. The number of fused-ring (bicyclic) bond motifs is 1. The summed E-state index contributed by atoms with van der Waals surface area (Å²) in [5.41, 5.74) is 2.70. The maximum atomic E-state index is 13.8. The Morgan fingerprint density at radius 2 is 1.92 bits per heavy atom. The molecule has 5 nitrogen and oxygen atoms in total. The quantitative estimate of drug-likeness (QED) is 0.520. The Kier molecular flexibility index (Phi) is 3.77. The summed E-state index contributed by atoms with van der Waals surface area (Å²) in [6.07, 6.45) is 3.25. The lowest BCUT2D eigenvalue weighted by Crippen LogP contribution is -1.97. The first-order valence-electron chi connectivity index (χ1n) is 7.78. The van der Waals surface area contributed by atoms with Crippen molar-refractivity contribution in [2.24, 2.45) is 0 Å². The van der Waals surface area contributed by atoms with Crippen LogP contribution in [0.1, 0.15) is 25.6 Å². The van der Waals surface area contributed by atoms with Crippen molar-refractivity contribution in [1.82, 2.24) is 19.6 Å². The predicted molar refractivity (Wildman–Crippen MR) is 93.0 cm³/mol. The van der Waals surface area contributed by atoms with Crippen molar-refractivity contribution in [3.8, 4) is 22.6 Å². The van der Waals surface area contributed by atoms with Crippen LogP contribution in [-0.2, 0) is 0 Å². The molecule has 0 aliphatic carbocycles. The van der Waals surface area contributed by atoms with Gasteiger partial charge in [0.05, 0.1) is 5.02 Å². The van der Waals surface area contributed by atoms with Crippen LogP contribution in [0.15, 0.2) is 47.3 Å². The highest BCUT2D eigenvalue weighted by Gasteiger charge is 2.17. The summed E-state index contributed by atoms with van der Waals surface area (Å²) >= 11 is 5.76. The second-order valence-corrected chi connectivity index (χ2v) is 6.43. The van der Waals surface area contributed by atoms with Crippen molar-refractivity contribution in [1.29, 1.82) is 0 Å². The van der Waals surface area contributed by atoms with E-state index in [1.165, 1.54) is 18.5 Å². The van der Waals surface area contributed by atoms with E-state index in [2.05, 4.69) is 29.0 Å². The van der Waals surface area contributed by atoms with E-state index in [0.29, 0.717) is 17.0 Å². The van der Waals surface area contributed by atoms with Gasteiger partial charge in [-0.25, -0.2) is 9.37 Å². The third kappa shape index (κ3) is 2.68. The van der Waals surface area contributed by atoms with Crippen LogP contribution in [0.3, 0.4) is 0 Å². The van der Waals surface area contributed by atoms with Gasteiger partial charge in [-0.2, -0.15) is 0 Å². The van der Waals surface area contributed by atoms with E-state index in [-0.39, 0.29) is 10.9 Å². The average Bonchev–Trinajstić information content (AvgIpc) is 3.23. The molecule has 3 heterocycles. The molecule has 0 aliphatic rings. The zero-order valence-corrected chi connectivity index (χ0v) is 14.3. The van der Waals surface area contributed by atoms with Gasteiger partial charge >= 0.3 is 0 Å². The monoisotopic (exact) mass is 356 g/mol. The van der Waals surface area contributed by atoms with E-state index >= 15 is 0 Å². The lowest BCUT2D eigenvalue weighted by molar-refractivity contribution is 0.571. The van der Waals surface area contributed by atoms with Crippen LogP contribution in [-0.4, -0.2) is 19.6 Å². The van der Waals surface area contributed by atoms with Crippen LogP contribution in [0.4, 0.5) is 4.39 Å². The molecule has 0 unspecified atom stereocenters. The second-order valence-electron chi connectivity index (χ2n) is 6.02. The van der Waals surface area contributed by atoms with E-state index in [9.17, 15) is 4.39 Å². The van der Waals surface area contributed by atoms with Crippen molar-refractivity contribution >= 4 is 17.2 Å². The Bertz CT molecular complexity index is 1070. The number of benzene rings is 1. The molecule has 4 rings (SSSR count). The highest BCUT2D eigenvalue weighted by molar-refractivity contribution is 6.30. The van der Waals surface area contributed by atoms with Gasteiger partial charge in [-0.15, -0.1) is 10.2 Å². The molecular weight excluding hydrogens is 343 g/mol. The highest BCUT2D eigenvalue weighted by atomic mass is 35.5. The summed E-state index contributed by atoms with van der Waals surface area (Å²) in [6.45, 7) is 4.11. The third-order valence-corrected chi connectivity index (χ3v) is 4.27. The van der Waals surface area contributed by atoms with Crippen molar-refractivity contribution in [3.63, 3.8) is 0 Å². The predicted octanol–water partition coefficient (Wildman–Crippen LogP) is 4.97. The molecule has 126 valence electrons. The molecule has 0 N–H and O–H groups in total. The number of nitrogens with zero attached hydrogens (tertiary/aromatic N) is 4. The van der Waals surface area contributed by atoms with E-state index < -0.39 is 5.82 Å². The standard InChI is InChI=1S/C18H14ClFN4O/c1-10(2)18-23-22-15-6-4-12(8-24(15)18)17-16(21-9-25-17)11-3-5-13(19)14(20)7-11/h3-10H,1-2H3. The smallest absolute Gasteiger partial charge is 0.182 e. The normalized spacial score (nSPS) is 11.6. The van der Waals surface area contributed by atoms with Crippen LogP contribution in [0, 0.1) is 5.82 Å². The number of rotatable bonds is 3. The number of hydrogen-bond acceptors (Lipinski definition) is 4. The highest BCUT2D eigenvalue weighted by Crippen LogP contribution is 2.33. The Morgan fingerprint density at radius 1 is 1.12 bits per heavy atom. The third-order valence-electron chi connectivity index (χ3n) is 3.97. The van der Waals surface area contributed by atoms with Crippen LogP contribution in [0.25, 0.3) is 28.2 Å². The van der Waals surface area contributed by atoms with Gasteiger partial charge < -0.3 is 4.42 Å². The SMILES string of the molecule is CC(C)c1nnc2ccc(-c3ocnc3-c3ccc(Cl)c(F)c3)cn12. The maximum Gasteiger partial charge on any atom is 0.182 e. The Hall–Kier alpha value is -2.73. The molecule has 0 saturated carbocycles. The zero-order chi connectivity index (χ0) is 17.6. The molecule has 0 spiro atoms. The maximum absolute atomic E-state index is 13.8. The molecular formula is C18H14ClFN4O. The molecule has 0 amide bonds. The molecule has 0 fully saturated rings. The van der Waals surface area contributed by atoms with Crippen molar-refractivity contribution in [3.05, 3.63) is 59.6 Å². The van der Waals surface area contributed by atoms with Gasteiger partial charge in [0.2, 0.25) is 0 Å². The molecule has 4 aromatic rings. The summed E-state index contributed by atoms with van der Waals surface area (Å²) in [6, 6.07) is 8.31. The minimum atomic E-state index is -0.496. The topological polar surface area (TPSA) is 56.2 Å². The van der Waals surface area contributed by atoms with Crippen molar-refractivity contribution in [2.75, 3.05) is 0 Å². The van der Waals surface area contributed by atoms with Gasteiger partial charge in [0.1, 0.15) is 17.3 Å². The molecule has 0 radical (unpaired) electrons. The van der Waals surface area contributed by atoms with Crippen LogP contribution >= 0.6 is 11.6 Å². The van der Waals surface area contributed by atoms with Crippen LogP contribution in [0.5, 0.6) is 0 Å². The van der Waals surface area contributed by atoms with Gasteiger partial charge in [0.25, 0.3) is 0 Å². The zero-order valence-electron chi connectivity index (χ0n) is 13.6. The largest absolute Gasteiger partial charge is 0.443 e. The van der Waals surface area contributed by atoms with Crippen molar-refractivity contribution < 1.29 is 8.81 Å². The summed E-state index contributed by atoms with van der Waals surface area (Å²) < 4.78 is 21.3. The second kappa shape index (κ2) is 5.97. The lowest BCUT2D eigenvalue weighted by Gasteiger charge is -2.06. The number of hydrogen-bond donors (Lipinski definition) is 0. The summed E-state index contributed by atoms with van der Waals surface area (Å²) in [5.74, 6) is 1.14. The minimum absolute atomic E-state index is 0.0706. The first-order valence-corrected chi connectivity index (χ1v) is 8.16. The fraction of sp³-hybridized carbons (Fsp3) is 0.167. The van der Waals surface area contributed by atoms with E-state index in [1.807, 2.05) is 22.7 Å². The molecule has 0 aliphatic heterocycles.